The van der Waals surface area contributed by atoms with Crippen LogP contribution in [-0.2, 0) is 13.6 Å². The lowest BCUT2D eigenvalue weighted by Crippen LogP contribution is -2.52. The Morgan fingerprint density at radius 2 is 1.97 bits per heavy atom. The minimum atomic E-state index is -0.349. The van der Waals surface area contributed by atoms with Crippen molar-refractivity contribution in [1.29, 1.82) is 5.26 Å². The Hall–Kier alpha value is -4.27. The van der Waals surface area contributed by atoms with Gasteiger partial charge in [0.1, 0.15) is 17.3 Å². The molecule has 0 radical (unpaired) electrons. The van der Waals surface area contributed by atoms with Gasteiger partial charge in [0.15, 0.2) is 0 Å². The van der Waals surface area contributed by atoms with Crippen molar-refractivity contribution >= 4 is 33.4 Å². The zero-order chi connectivity index (χ0) is 23.8. The van der Waals surface area contributed by atoms with E-state index in [2.05, 4.69) is 50.8 Å². The van der Waals surface area contributed by atoms with E-state index >= 15 is 0 Å². The first kappa shape index (κ1) is 21.6. The molecule has 8 heteroatoms. The molecule has 0 aliphatic carbocycles. The maximum Gasteiger partial charge on any atom is 0.271 e. The molecule has 3 aromatic heterocycles. The van der Waals surface area contributed by atoms with Gasteiger partial charge in [0, 0.05) is 44.7 Å². The third-order valence-electron chi connectivity index (χ3n) is 6.53. The average molecular weight is 450 g/mol. The lowest BCUT2D eigenvalue weighted by atomic mass is 10.1. The first-order valence-electron chi connectivity index (χ1n) is 11.1. The predicted molar refractivity (Wildman–Crippen MR) is 132 cm³/mol. The highest BCUT2D eigenvalue weighted by Crippen LogP contribution is 2.31. The molecule has 0 saturated carbocycles. The van der Waals surface area contributed by atoms with Crippen molar-refractivity contribution in [2.75, 3.05) is 24.5 Å². The minimum absolute atomic E-state index is 0.0708. The molecule has 1 aliphatic rings. The summed E-state index contributed by atoms with van der Waals surface area (Å²) in [4.78, 5) is 30.1. The Bertz CT molecular complexity index is 1560. The molecule has 4 aromatic rings. The van der Waals surface area contributed by atoms with Gasteiger partial charge in [-0.3, -0.25) is 14.7 Å². The van der Waals surface area contributed by atoms with E-state index < -0.39 is 0 Å². The summed E-state index contributed by atoms with van der Waals surface area (Å²) in [5, 5.41) is 11.0. The first-order chi connectivity index (χ1) is 16.5. The smallest absolute Gasteiger partial charge is 0.271 e. The first-order valence-corrected chi connectivity index (χ1v) is 11.1. The predicted octanol–water partition coefficient (Wildman–Crippen LogP) is 3.61. The Kier molecular flexibility index (Phi) is 5.45. The molecule has 0 N–H and O–H groups in total. The molecule has 1 aromatic carbocycles. The largest absolute Gasteiger partial charge is 0.364 e. The van der Waals surface area contributed by atoms with E-state index in [9.17, 15) is 10.1 Å². The maximum absolute atomic E-state index is 12.9. The van der Waals surface area contributed by atoms with E-state index in [0.717, 1.165) is 29.7 Å². The van der Waals surface area contributed by atoms with Crippen molar-refractivity contribution in [3.8, 4) is 6.07 Å². The second-order valence-corrected chi connectivity index (χ2v) is 8.61. The van der Waals surface area contributed by atoms with Crippen molar-refractivity contribution in [3.05, 3.63) is 81.6 Å². The molecular weight excluding hydrogens is 426 g/mol. The topological polar surface area (TPSA) is 82.4 Å². The van der Waals surface area contributed by atoms with E-state index in [1.165, 1.54) is 4.57 Å². The average Bonchev–Trinajstić information content (AvgIpc) is 2.86. The number of pyridine rings is 3. The molecule has 0 bridgehead atoms. The molecule has 4 heterocycles. The van der Waals surface area contributed by atoms with Crippen molar-refractivity contribution in [3.63, 3.8) is 0 Å². The Balaban J connectivity index is 1.47. The molecule has 5 rings (SSSR count). The normalized spacial score (nSPS) is 16.5. The number of benzene rings is 1. The van der Waals surface area contributed by atoms with Gasteiger partial charge in [-0.05, 0) is 31.2 Å². The van der Waals surface area contributed by atoms with Crippen LogP contribution in [0.25, 0.3) is 26.8 Å². The summed E-state index contributed by atoms with van der Waals surface area (Å²) in [5.74, 6) is 0.241. The Labute approximate surface area is 197 Å². The van der Waals surface area contributed by atoms with Gasteiger partial charge in [-0.25, -0.2) is 0 Å². The van der Waals surface area contributed by atoms with Crippen LogP contribution in [0.4, 0.5) is 11.5 Å². The highest BCUT2D eigenvalue weighted by molar-refractivity contribution is 5.92. The Morgan fingerprint density at radius 3 is 2.74 bits per heavy atom. The summed E-state index contributed by atoms with van der Waals surface area (Å²) < 4.78 is 1.43. The fourth-order valence-electron chi connectivity index (χ4n) is 4.69. The van der Waals surface area contributed by atoms with Crippen LogP contribution < -0.4 is 10.5 Å². The van der Waals surface area contributed by atoms with Gasteiger partial charge in [-0.15, -0.1) is 4.98 Å². The lowest BCUT2D eigenvalue weighted by Gasteiger charge is -2.41. The van der Waals surface area contributed by atoms with Gasteiger partial charge in [0.05, 0.1) is 16.7 Å². The fourth-order valence-corrected chi connectivity index (χ4v) is 4.69. The van der Waals surface area contributed by atoms with Crippen LogP contribution in [0, 0.1) is 17.9 Å². The number of aryl methyl sites for hydroxylation is 1. The summed E-state index contributed by atoms with van der Waals surface area (Å²) in [6.07, 6.45) is 0. The summed E-state index contributed by atoms with van der Waals surface area (Å²) in [6, 6.07) is 17.8. The van der Waals surface area contributed by atoms with E-state index in [0.29, 0.717) is 29.8 Å². The van der Waals surface area contributed by atoms with Crippen LogP contribution in [0.5, 0.6) is 0 Å². The molecule has 1 fully saturated rings. The van der Waals surface area contributed by atoms with E-state index in [4.69, 9.17) is 11.6 Å². The molecule has 8 nitrogen and oxygen atoms in total. The molecular formula is C26H23N7O. The molecule has 1 aliphatic heterocycles. The molecule has 0 spiro atoms. The monoisotopic (exact) mass is 449 g/mol. The number of hydrogen-bond donors (Lipinski definition) is 0. The third kappa shape index (κ3) is 3.64. The minimum Gasteiger partial charge on any atom is -0.364 e. The summed E-state index contributed by atoms with van der Waals surface area (Å²) >= 11 is 0. The zero-order valence-electron chi connectivity index (χ0n) is 19.1. The van der Waals surface area contributed by atoms with Gasteiger partial charge in [0.2, 0.25) is 5.52 Å². The van der Waals surface area contributed by atoms with Gasteiger partial charge in [-0.2, -0.15) is 5.26 Å². The van der Waals surface area contributed by atoms with Gasteiger partial charge >= 0.3 is 0 Å². The standard InChI is InChI=1S/C26H23N7O/c1-17-15-33(13-12-32(17)16-19-9-8-18-6-4-5-7-21(18)29-19)25-20(14-27)26(34)31(3)22-10-11-23(28-2)30-24(22)25/h4-11,17H,12-13,15-16H2,1,3H3/t17-/m1/s1. The highest BCUT2D eigenvalue weighted by Gasteiger charge is 2.30. The lowest BCUT2D eigenvalue weighted by molar-refractivity contribution is 0.179. The van der Waals surface area contributed by atoms with E-state index in [-0.39, 0.29) is 23.0 Å². The highest BCUT2D eigenvalue weighted by atomic mass is 16.1. The molecule has 0 unspecified atom stereocenters. The molecule has 1 atom stereocenters. The second-order valence-electron chi connectivity index (χ2n) is 8.61. The van der Waals surface area contributed by atoms with Crippen LogP contribution in [0.15, 0.2) is 53.3 Å². The van der Waals surface area contributed by atoms with Crippen molar-refractivity contribution < 1.29 is 0 Å². The molecule has 0 amide bonds. The van der Waals surface area contributed by atoms with Crippen molar-refractivity contribution in [2.45, 2.75) is 19.5 Å². The summed E-state index contributed by atoms with van der Waals surface area (Å²) in [6.45, 7) is 12.2. The number of nitriles is 1. The number of rotatable bonds is 3. The van der Waals surface area contributed by atoms with Gasteiger partial charge in [0.25, 0.3) is 11.4 Å². The number of piperazine rings is 1. The Morgan fingerprint density at radius 1 is 1.15 bits per heavy atom. The van der Waals surface area contributed by atoms with Crippen molar-refractivity contribution in [1.82, 2.24) is 19.4 Å². The molecule has 1 saturated heterocycles. The summed E-state index contributed by atoms with van der Waals surface area (Å²) in [5.41, 5.74) is 3.38. The quantitative estimate of drug-likeness (QED) is 0.445. The molecule has 168 valence electrons. The fraction of sp³-hybridized carbons (Fsp3) is 0.269. The third-order valence-corrected chi connectivity index (χ3v) is 6.53. The van der Waals surface area contributed by atoms with Crippen LogP contribution >= 0.6 is 0 Å². The summed E-state index contributed by atoms with van der Waals surface area (Å²) in [7, 11) is 1.63. The van der Waals surface area contributed by atoms with Crippen LogP contribution in [0.3, 0.4) is 0 Å². The number of fused-ring (bicyclic) bond motifs is 2. The van der Waals surface area contributed by atoms with Crippen LogP contribution in [0.1, 0.15) is 18.2 Å². The number of aromatic nitrogens is 3. The van der Waals surface area contributed by atoms with Crippen molar-refractivity contribution in [2.24, 2.45) is 7.05 Å². The van der Waals surface area contributed by atoms with Gasteiger partial charge in [-0.1, -0.05) is 30.8 Å². The SMILES string of the molecule is [C-]#[N+]c1ccc2c(n1)c(N1CCN(Cc3ccc4ccccc4n3)[C@H](C)C1)c(C#N)c(=O)n2C. The number of hydrogen-bond acceptors (Lipinski definition) is 6. The van der Waals surface area contributed by atoms with E-state index in [1.807, 2.05) is 18.2 Å². The molecule has 34 heavy (non-hydrogen) atoms. The maximum atomic E-state index is 12.9. The van der Waals surface area contributed by atoms with Crippen LogP contribution in [0.2, 0.25) is 0 Å². The number of anilines is 1. The number of para-hydroxylation sites is 1. The second kappa shape index (κ2) is 8.58. The van der Waals surface area contributed by atoms with E-state index in [1.54, 1.807) is 19.2 Å². The van der Waals surface area contributed by atoms with Crippen LogP contribution in [-0.4, -0.2) is 45.1 Å². The van der Waals surface area contributed by atoms with Gasteiger partial charge < -0.3 is 14.3 Å². The number of nitrogens with zero attached hydrogens (tertiary/aromatic N) is 7. The zero-order valence-corrected chi connectivity index (χ0v) is 19.1.